The van der Waals surface area contributed by atoms with Crippen LogP contribution in [-0.2, 0) is 0 Å². The van der Waals surface area contributed by atoms with Crippen molar-refractivity contribution in [1.82, 2.24) is 5.16 Å². The van der Waals surface area contributed by atoms with Crippen LogP contribution in [0.1, 0.15) is 0 Å². The lowest BCUT2D eigenvalue weighted by Crippen LogP contribution is -1.92. The van der Waals surface area contributed by atoms with E-state index in [9.17, 15) is 15.2 Å². The molecule has 0 aliphatic heterocycles. The van der Waals surface area contributed by atoms with Crippen LogP contribution in [0.2, 0.25) is 0 Å². The molecule has 0 atom stereocenters. The van der Waals surface area contributed by atoms with Crippen LogP contribution in [0.4, 0.5) is 5.69 Å². The number of hydrogen-bond donors (Lipinski definition) is 0. The van der Waals surface area contributed by atoms with Crippen molar-refractivity contribution >= 4 is 5.69 Å². The minimum absolute atomic E-state index is 0.630. The Kier molecular flexibility index (Phi) is 1.07. The summed E-state index contributed by atoms with van der Waals surface area (Å²) in [5.74, 6) is -1.01. The molecule has 1 heterocycles. The van der Waals surface area contributed by atoms with Gasteiger partial charge in [0.1, 0.15) is 6.20 Å². The van der Waals surface area contributed by atoms with Gasteiger partial charge in [0.2, 0.25) is 0 Å². The fourth-order valence-electron chi connectivity index (χ4n) is 0.345. The first kappa shape index (κ1) is 5.54. The molecule has 0 saturated heterocycles. The Morgan fingerprint density at radius 2 is 2.44 bits per heavy atom. The van der Waals surface area contributed by atoms with Gasteiger partial charge in [-0.25, -0.2) is 0 Å². The van der Waals surface area contributed by atoms with Crippen molar-refractivity contribution in [2.45, 2.75) is 0 Å². The maximum Gasteiger partial charge on any atom is 0.312 e. The monoisotopic (exact) mass is 129 g/mol. The molecule has 48 valence electrons. The SMILES string of the molecule is O=[N+]([O-])c1cnoc1[O-]. The fourth-order valence-corrected chi connectivity index (χ4v) is 0.345. The molecule has 1 aromatic rings. The van der Waals surface area contributed by atoms with Gasteiger partial charge in [-0.1, -0.05) is 0 Å². The maximum absolute atomic E-state index is 10.2. The van der Waals surface area contributed by atoms with Gasteiger partial charge in [0, 0.05) is 0 Å². The Bertz CT molecular complexity index is 229. The molecule has 0 aromatic carbocycles. The van der Waals surface area contributed by atoms with Gasteiger partial charge < -0.3 is 9.63 Å². The summed E-state index contributed by atoms with van der Waals surface area (Å²) in [6, 6.07) is 0. The first-order chi connectivity index (χ1) is 4.22. The third kappa shape index (κ3) is 0.809. The van der Waals surface area contributed by atoms with Crippen molar-refractivity contribution in [3.63, 3.8) is 0 Å². The van der Waals surface area contributed by atoms with Crippen LogP contribution in [-0.4, -0.2) is 10.1 Å². The highest BCUT2D eigenvalue weighted by atomic mass is 16.6. The van der Waals surface area contributed by atoms with Crippen molar-refractivity contribution in [2.75, 3.05) is 0 Å². The quantitative estimate of drug-likeness (QED) is 0.381. The van der Waals surface area contributed by atoms with E-state index in [0.717, 1.165) is 6.20 Å². The summed E-state index contributed by atoms with van der Waals surface area (Å²) in [5.41, 5.74) is -0.630. The molecule has 6 heteroatoms. The van der Waals surface area contributed by atoms with Crippen molar-refractivity contribution in [1.29, 1.82) is 0 Å². The van der Waals surface area contributed by atoms with Gasteiger partial charge in [-0.15, -0.1) is 0 Å². The number of nitro groups is 1. The molecular weight excluding hydrogens is 128 g/mol. The molecule has 0 fully saturated rings. The highest BCUT2D eigenvalue weighted by Gasteiger charge is 2.08. The van der Waals surface area contributed by atoms with Gasteiger partial charge in [0.25, 0.3) is 0 Å². The Balaban J connectivity index is 3.08. The van der Waals surface area contributed by atoms with Gasteiger partial charge in [-0.3, -0.25) is 10.1 Å². The molecule has 0 unspecified atom stereocenters. The Morgan fingerprint density at radius 3 is 2.67 bits per heavy atom. The number of nitrogens with zero attached hydrogens (tertiary/aromatic N) is 2. The molecule has 1 aromatic heterocycles. The number of hydrogen-bond acceptors (Lipinski definition) is 5. The van der Waals surface area contributed by atoms with Gasteiger partial charge in [0.15, 0.2) is 5.95 Å². The molecule has 0 aliphatic rings. The second kappa shape index (κ2) is 1.73. The molecule has 1 rings (SSSR count). The smallest absolute Gasteiger partial charge is 0.312 e. The van der Waals surface area contributed by atoms with E-state index in [1.807, 2.05) is 0 Å². The zero-order valence-corrected chi connectivity index (χ0v) is 4.10. The van der Waals surface area contributed by atoms with E-state index in [1.54, 1.807) is 0 Å². The molecule has 0 radical (unpaired) electrons. The van der Waals surface area contributed by atoms with E-state index in [2.05, 4.69) is 9.68 Å². The normalized spacial score (nSPS) is 9.33. The summed E-state index contributed by atoms with van der Waals surface area (Å²) in [4.78, 5) is 8.94. The first-order valence-electron chi connectivity index (χ1n) is 1.98. The molecule has 0 N–H and O–H groups in total. The topological polar surface area (TPSA) is 92.2 Å². The molecule has 9 heavy (non-hydrogen) atoms. The van der Waals surface area contributed by atoms with Crippen LogP contribution in [0, 0.1) is 10.1 Å². The highest BCUT2D eigenvalue weighted by Crippen LogP contribution is 2.19. The predicted octanol–water partition coefficient (Wildman–Crippen LogP) is -0.344. The number of aromatic nitrogens is 1. The van der Waals surface area contributed by atoms with Gasteiger partial charge in [0.05, 0.1) is 4.92 Å². The van der Waals surface area contributed by atoms with E-state index in [1.165, 1.54) is 0 Å². The molecule has 0 aliphatic carbocycles. The minimum atomic E-state index is -1.01. The van der Waals surface area contributed by atoms with E-state index in [-0.39, 0.29) is 0 Å². The van der Waals surface area contributed by atoms with Crippen molar-refractivity contribution in [3.8, 4) is 5.95 Å². The zero-order chi connectivity index (χ0) is 6.85. The van der Waals surface area contributed by atoms with Gasteiger partial charge >= 0.3 is 5.69 Å². The Morgan fingerprint density at radius 1 is 1.78 bits per heavy atom. The van der Waals surface area contributed by atoms with Crippen LogP contribution in [0.3, 0.4) is 0 Å². The molecule has 0 spiro atoms. The summed E-state index contributed by atoms with van der Waals surface area (Å²) in [7, 11) is 0. The lowest BCUT2D eigenvalue weighted by molar-refractivity contribution is -0.402. The number of rotatable bonds is 1. The van der Waals surface area contributed by atoms with Gasteiger partial charge in [-0.05, 0) is 0 Å². The Labute approximate surface area is 48.8 Å². The zero-order valence-electron chi connectivity index (χ0n) is 4.10. The second-order valence-electron chi connectivity index (χ2n) is 1.26. The van der Waals surface area contributed by atoms with Crippen molar-refractivity contribution in [2.24, 2.45) is 0 Å². The van der Waals surface area contributed by atoms with E-state index in [0.29, 0.717) is 0 Å². The summed E-state index contributed by atoms with van der Waals surface area (Å²) in [6.07, 6.45) is 0.766. The maximum atomic E-state index is 10.2. The second-order valence-corrected chi connectivity index (χ2v) is 1.26. The third-order valence-corrected chi connectivity index (χ3v) is 0.716. The van der Waals surface area contributed by atoms with Gasteiger partial charge in [-0.2, -0.15) is 5.16 Å². The van der Waals surface area contributed by atoms with Crippen LogP contribution in [0.25, 0.3) is 0 Å². The summed E-state index contributed by atoms with van der Waals surface area (Å²) in [6.45, 7) is 0. The molecule has 6 nitrogen and oxygen atoms in total. The standard InChI is InChI=1S/C3H2N2O4/c6-3-2(5(7)8)1-4-9-3/h1,6H/p-1. The van der Waals surface area contributed by atoms with Crippen molar-refractivity contribution < 1.29 is 14.6 Å². The summed E-state index contributed by atoms with van der Waals surface area (Å²) < 4.78 is 3.88. The molecule has 0 saturated carbocycles. The molecule has 0 amide bonds. The lowest BCUT2D eigenvalue weighted by Gasteiger charge is -1.88. The minimum Gasteiger partial charge on any atom is -0.539 e. The van der Waals surface area contributed by atoms with E-state index in [4.69, 9.17) is 0 Å². The first-order valence-corrected chi connectivity index (χ1v) is 1.98. The average molecular weight is 129 g/mol. The lowest BCUT2D eigenvalue weighted by atomic mass is 10.6. The molecular formula is C3HN2O4-. The fraction of sp³-hybridized carbons (Fsp3) is 0. The predicted molar refractivity (Wildman–Crippen MR) is 22.6 cm³/mol. The van der Waals surface area contributed by atoms with E-state index >= 15 is 0 Å². The van der Waals surface area contributed by atoms with Crippen LogP contribution in [0.15, 0.2) is 10.7 Å². The van der Waals surface area contributed by atoms with Crippen LogP contribution in [0.5, 0.6) is 5.95 Å². The largest absolute Gasteiger partial charge is 0.539 e. The molecule has 0 bridgehead atoms. The summed E-state index contributed by atoms with van der Waals surface area (Å²) in [5, 5.41) is 22.9. The highest BCUT2D eigenvalue weighted by molar-refractivity contribution is 5.32. The summed E-state index contributed by atoms with van der Waals surface area (Å²) >= 11 is 0. The van der Waals surface area contributed by atoms with E-state index < -0.39 is 16.6 Å². The Hall–Kier alpha value is -1.59. The third-order valence-electron chi connectivity index (χ3n) is 0.716. The van der Waals surface area contributed by atoms with Crippen LogP contribution >= 0.6 is 0 Å². The van der Waals surface area contributed by atoms with Crippen molar-refractivity contribution in [3.05, 3.63) is 16.3 Å². The average Bonchev–Trinajstić information content (AvgIpc) is 2.13. The van der Waals surface area contributed by atoms with Crippen LogP contribution < -0.4 is 5.11 Å².